The average Bonchev–Trinajstić information content (AvgIpc) is 3.37. The van der Waals surface area contributed by atoms with Crippen LogP contribution in [0, 0.1) is 0 Å². The van der Waals surface area contributed by atoms with Gasteiger partial charge in [-0.05, 0) is 72.6 Å². The van der Waals surface area contributed by atoms with Gasteiger partial charge in [-0.3, -0.25) is 0 Å². The highest BCUT2D eigenvalue weighted by molar-refractivity contribution is 7.27. The highest BCUT2D eigenvalue weighted by Crippen LogP contribution is 2.45. The molecule has 2 heterocycles. The van der Waals surface area contributed by atoms with Gasteiger partial charge in [0.25, 0.3) is 0 Å². The minimum atomic E-state index is -0.351. The molecule has 0 N–H and O–H groups in total. The summed E-state index contributed by atoms with van der Waals surface area (Å²) in [6.07, 6.45) is 0. The Kier molecular flexibility index (Phi) is 4.69. The smallest absolute Gasteiger partial charge is 0.399 e. The van der Waals surface area contributed by atoms with E-state index in [1.165, 1.54) is 52.8 Å². The molecule has 0 spiro atoms. The van der Waals surface area contributed by atoms with Crippen LogP contribution in [0.1, 0.15) is 27.7 Å². The van der Waals surface area contributed by atoms with Crippen molar-refractivity contribution in [2.24, 2.45) is 0 Å². The van der Waals surface area contributed by atoms with Crippen molar-refractivity contribution in [3.8, 4) is 11.1 Å². The summed E-state index contributed by atoms with van der Waals surface area (Å²) in [7, 11) is -0.351. The first-order valence-corrected chi connectivity index (χ1v) is 13.4. The van der Waals surface area contributed by atoms with Crippen LogP contribution in [0.2, 0.25) is 0 Å². The number of hydrogen-bond donors (Lipinski definition) is 0. The van der Waals surface area contributed by atoms with E-state index in [4.69, 9.17) is 9.31 Å². The highest BCUT2D eigenvalue weighted by Gasteiger charge is 2.51. The van der Waals surface area contributed by atoms with E-state index in [-0.39, 0.29) is 18.3 Å². The fourth-order valence-corrected chi connectivity index (χ4v) is 6.64. The maximum atomic E-state index is 6.28. The topological polar surface area (TPSA) is 18.5 Å². The molecule has 1 fully saturated rings. The molecule has 6 aromatic rings. The van der Waals surface area contributed by atoms with Crippen LogP contribution in [0.3, 0.4) is 0 Å². The SMILES string of the molecule is CC1(C)OB(c2ccc(-c3cc4c(sc5ccc6ccccc6c54)c4ccccc34)cc2)OC1(C)C. The van der Waals surface area contributed by atoms with E-state index < -0.39 is 0 Å². The first-order chi connectivity index (χ1) is 17.3. The van der Waals surface area contributed by atoms with E-state index in [1.807, 2.05) is 11.3 Å². The van der Waals surface area contributed by atoms with E-state index in [1.54, 1.807) is 0 Å². The van der Waals surface area contributed by atoms with Gasteiger partial charge in [0.1, 0.15) is 0 Å². The molecule has 0 radical (unpaired) electrons. The Balaban J connectivity index is 1.42. The van der Waals surface area contributed by atoms with Gasteiger partial charge in [0, 0.05) is 25.6 Å². The Morgan fingerprint density at radius 2 is 1.28 bits per heavy atom. The summed E-state index contributed by atoms with van der Waals surface area (Å²) in [5, 5.41) is 7.88. The average molecular weight is 486 g/mol. The zero-order valence-electron chi connectivity index (χ0n) is 21.0. The van der Waals surface area contributed by atoms with Gasteiger partial charge >= 0.3 is 7.12 Å². The number of thiophene rings is 1. The Labute approximate surface area is 215 Å². The standard InChI is InChI=1S/C32H27BO2S/c1-31(2)32(3,4)35-33(34-31)22-16-13-21(14-17-22)26-19-27-29-23-10-6-5-9-20(23)15-18-28(29)36-30(27)25-12-8-7-11-24(25)26/h5-19H,1-4H3. The zero-order valence-corrected chi connectivity index (χ0v) is 21.8. The maximum absolute atomic E-state index is 6.28. The van der Waals surface area contributed by atoms with Crippen LogP contribution in [0.4, 0.5) is 0 Å². The number of rotatable bonds is 2. The molecule has 1 aliphatic rings. The molecule has 0 aliphatic carbocycles. The molecule has 0 amide bonds. The monoisotopic (exact) mass is 486 g/mol. The second kappa shape index (κ2) is 7.66. The summed E-state index contributed by atoms with van der Waals surface area (Å²) in [6.45, 7) is 8.38. The molecule has 176 valence electrons. The molecule has 36 heavy (non-hydrogen) atoms. The summed E-state index contributed by atoms with van der Waals surface area (Å²) < 4.78 is 15.3. The van der Waals surface area contributed by atoms with E-state index in [0.717, 1.165) is 5.46 Å². The van der Waals surface area contributed by atoms with Crippen molar-refractivity contribution in [3.63, 3.8) is 0 Å². The second-order valence-electron chi connectivity index (χ2n) is 10.8. The predicted molar refractivity (Wildman–Crippen MR) is 155 cm³/mol. The summed E-state index contributed by atoms with van der Waals surface area (Å²) >= 11 is 1.90. The van der Waals surface area contributed by atoms with Crippen molar-refractivity contribution in [2.45, 2.75) is 38.9 Å². The molecule has 5 aromatic carbocycles. The minimum Gasteiger partial charge on any atom is -0.399 e. The normalized spacial score (nSPS) is 17.1. The Hall–Kier alpha value is -3.18. The maximum Gasteiger partial charge on any atom is 0.494 e. The predicted octanol–water partition coefficient (Wildman–Crippen LogP) is 8.33. The Morgan fingerprint density at radius 3 is 2.00 bits per heavy atom. The quantitative estimate of drug-likeness (QED) is 0.229. The molecule has 2 nitrogen and oxygen atoms in total. The van der Waals surface area contributed by atoms with Crippen LogP contribution in [0.15, 0.2) is 91.0 Å². The van der Waals surface area contributed by atoms with E-state index in [0.29, 0.717) is 0 Å². The third kappa shape index (κ3) is 3.18. The van der Waals surface area contributed by atoms with Gasteiger partial charge in [-0.25, -0.2) is 0 Å². The lowest BCUT2D eigenvalue weighted by Gasteiger charge is -2.32. The van der Waals surface area contributed by atoms with Gasteiger partial charge in [-0.2, -0.15) is 0 Å². The molecule has 0 atom stereocenters. The van der Waals surface area contributed by atoms with Crippen molar-refractivity contribution in [1.29, 1.82) is 0 Å². The van der Waals surface area contributed by atoms with Gasteiger partial charge < -0.3 is 9.31 Å². The summed E-state index contributed by atoms with van der Waals surface area (Å²) in [6, 6.07) is 33.1. The second-order valence-corrected chi connectivity index (χ2v) is 11.9. The molecule has 0 bridgehead atoms. The van der Waals surface area contributed by atoms with Crippen molar-refractivity contribution < 1.29 is 9.31 Å². The molecule has 0 saturated carbocycles. The first kappa shape index (κ1) is 22.1. The van der Waals surface area contributed by atoms with Gasteiger partial charge in [0.2, 0.25) is 0 Å². The van der Waals surface area contributed by atoms with Crippen molar-refractivity contribution in [1.82, 2.24) is 0 Å². The van der Waals surface area contributed by atoms with Gasteiger partial charge in [0.15, 0.2) is 0 Å². The minimum absolute atomic E-state index is 0.347. The lowest BCUT2D eigenvalue weighted by atomic mass is 9.78. The van der Waals surface area contributed by atoms with Crippen molar-refractivity contribution >= 4 is 65.6 Å². The Morgan fingerprint density at radius 1 is 0.639 bits per heavy atom. The van der Waals surface area contributed by atoms with E-state index >= 15 is 0 Å². The fraction of sp³-hybridized carbons (Fsp3) is 0.188. The van der Waals surface area contributed by atoms with Crippen LogP contribution < -0.4 is 5.46 Å². The Bertz CT molecular complexity index is 1780. The highest BCUT2D eigenvalue weighted by atomic mass is 32.1. The van der Waals surface area contributed by atoms with Crippen molar-refractivity contribution in [3.05, 3.63) is 91.0 Å². The van der Waals surface area contributed by atoms with Gasteiger partial charge in [-0.15, -0.1) is 11.3 Å². The van der Waals surface area contributed by atoms with Crippen molar-refractivity contribution in [2.75, 3.05) is 0 Å². The molecule has 1 saturated heterocycles. The third-order valence-electron chi connectivity index (χ3n) is 8.11. The molecular weight excluding hydrogens is 459 g/mol. The summed E-state index contributed by atoms with van der Waals surface area (Å²) in [4.78, 5) is 0. The molecule has 7 rings (SSSR count). The zero-order chi connectivity index (χ0) is 24.7. The molecule has 1 aliphatic heterocycles. The van der Waals surface area contributed by atoms with Gasteiger partial charge in [0.05, 0.1) is 11.2 Å². The first-order valence-electron chi connectivity index (χ1n) is 12.5. The number of benzene rings is 5. The van der Waals surface area contributed by atoms with Crippen LogP contribution >= 0.6 is 11.3 Å². The molecule has 4 heteroatoms. The number of hydrogen-bond acceptors (Lipinski definition) is 3. The van der Waals surface area contributed by atoms with Gasteiger partial charge in [-0.1, -0.05) is 78.9 Å². The van der Waals surface area contributed by atoms with Crippen LogP contribution in [0.25, 0.3) is 52.8 Å². The molecular formula is C32H27BO2S. The largest absolute Gasteiger partial charge is 0.494 e. The lowest BCUT2D eigenvalue weighted by molar-refractivity contribution is 0.00578. The summed E-state index contributed by atoms with van der Waals surface area (Å²) in [5.74, 6) is 0. The fourth-order valence-electron chi connectivity index (χ4n) is 5.41. The lowest BCUT2D eigenvalue weighted by Crippen LogP contribution is -2.41. The number of fused-ring (bicyclic) bond motifs is 7. The van der Waals surface area contributed by atoms with E-state index in [9.17, 15) is 0 Å². The van der Waals surface area contributed by atoms with Crippen LogP contribution in [-0.4, -0.2) is 18.3 Å². The molecule has 0 unspecified atom stereocenters. The van der Waals surface area contributed by atoms with Crippen LogP contribution in [-0.2, 0) is 9.31 Å². The third-order valence-corrected chi connectivity index (χ3v) is 9.32. The van der Waals surface area contributed by atoms with Crippen LogP contribution in [0.5, 0.6) is 0 Å². The summed E-state index contributed by atoms with van der Waals surface area (Å²) in [5.41, 5.74) is 2.81. The molecule has 1 aromatic heterocycles. The van der Waals surface area contributed by atoms with E-state index in [2.05, 4.69) is 119 Å².